The third kappa shape index (κ3) is 5.14. The second-order valence-corrected chi connectivity index (χ2v) is 3.76. The summed E-state index contributed by atoms with van der Waals surface area (Å²) in [7, 11) is 1.33. The van der Waals surface area contributed by atoms with Crippen LogP contribution in [0.1, 0.15) is 5.56 Å². The summed E-state index contributed by atoms with van der Waals surface area (Å²) >= 11 is 1.68. The predicted octanol–water partition coefficient (Wildman–Crippen LogP) is 2.10. The SMILES string of the molecule is COC(=O)C#CCSCc1ccccc1. The predicted molar refractivity (Wildman–Crippen MR) is 62.4 cm³/mol. The number of thioether (sulfide) groups is 1. The highest BCUT2D eigenvalue weighted by molar-refractivity contribution is 7.98. The number of methoxy groups -OCH3 is 1. The van der Waals surface area contributed by atoms with Gasteiger partial charge in [0.05, 0.1) is 12.9 Å². The standard InChI is InChI=1S/C12H12O2S/c1-14-12(13)8-5-9-15-10-11-6-3-2-4-7-11/h2-4,6-7H,9-10H2,1H3. The van der Waals surface area contributed by atoms with Gasteiger partial charge in [0.15, 0.2) is 0 Å². The van der Waals surface area contributed by atoms with Gasteiger partial charge in [-0.2, -0.15) is 0 Å². The minimum absolute atomic E-state index is 0.477. The molecule has 0 saturated carbocycles. The molecule has 15 heavy (non-hydrogen) atoms. The zero-order chi connectivity index (χ0) is 10.9. The van der Waals surface area contributed by atoms with Crippen molar-refractivity contribution in [1.29, 1.82) is 0 Å². The lowest BCUT2D eigenvalue weighted by atomic mass is 10.2. The molecule has 0 fully saturated rings. The summed E-state index contributed by atoms with van der Waals surface area (Å²) in [4.78, 5) is 10.6. The van der Waals surface area contributed by atoms with E-state index in [1.54, 1.807) is 11.8 Å². The van der Waals surface area contributed by atoms with Crippen LogP contribution in [0.2, 0.25) is 0 Å². The van der Waals surface area contributed by atoms with Crippen LogP contribution in [0, 0.1) is 11.8 Å². The van der Waals surface area contributed by atoms with E-state index in [-0.39, 0.29) is 0 Å². The molecule has 78 valence electrons. The molecule has 0 atom stereocenters. The maximum atomic E-state index is 10.6. The van der Waals surface area contributed by atoms with Crippen molar-refractivity contribution in [3.8, 4) is 11.8 Å². The molecule has 1 aromatic rings. The van der Waals surface area contributed by atoms with Gasteiger partial charge in [-0.1, -0.05) is 36.3 Å². The van der Waals surface area contributed by atoms with Crippen molar-refractivity contribution in [2.75, 3.05) is 12.9 Å². The zero-order valence-corrected chi connectivity index (χ0v) is 9.34. The number of hydrogen-bond donors (Lipinski definition) is 0. The molecule has 0 N–H and O–H groups in total. The van der Waals surface area contributed by atoms with Crippen LogP contribution in [0.5, 0.6) is 0 Å². The summed E-state index contributed by atoms with van der Waals surface area (Å²) in [5.41, 5.74) is 1.27. The van der Waals surface area contributed by atoms with Gasteiger partial charge < -0.3 is 4.74 Å². The summed E-state index contributed by atoms with van der Waals surface area (Å²) < 4.78 is 4.39. The van der Waals surface area contributed by atoms with E-state index in [1.165, 1.54) is 12.7 Å². The van der Waals surface area contributed by atoms with Crippen molar-refractivity contribution in [2.45, 2.75) is 5.75 Å². The highest BCUT2D eigenvalue weighted by Crippen LogP contribution is 2.10. The van der Waals surface area contributed by atoms with Gasteiger partial charge in [-0.3, -0.25) is 0 Å². The van der Waals surface area contributed by atoms with Gasteiger partial charge in [-0.15, -0.1) is 11.8 Å². The molecule has 0 aliphatic rings. The average Bonchev–Trinajstić information content (AvgIpc) is 2.29. The summed E-state index contributed by atoms with van der Waals surface area (Å²) in [5.74, 6) is 6.21. The maximum Gasteiger partial charge on any atom is 0.384 e. The lowest BCUT2D eigenvalue weighted by molar-refractivity contribution is -0.133. The van der Waals surface area contributed by atoms with Gasteiger partial charge in [0.2, 0.25) is 0 Å². The topological polar surface area (TPSA) is 26.3 Å². The number of ether oxygens (including phenoxy) is 1. The fourth-order valence-electron chi connectivity index (χ4n) is 0.953. The van der Waals surface area contributed by atoms with Crippen molar-refractivity contribution >= 4 is 17.7 Å². The van der Waals surface area contributed by atoms with Crippen LogP contribution in [-0.4, -0.2) is 18.8 Å². The van der Waals surface area contributed by atoms with Gasteiger partial charge >= 0.3 is 5.97 Å². The van der Waals surface area contributed by atoms with Crippen LogP contribution in [-0.2, 0) is 15.3 Å². The molecule has 0 aromatic heterocycles. The molecule has 0 aliphatic heterocycles. The van der Waals surface area contributed by atoms with E-state index in [0.29, 0.717) is 5.75 Å². The van der Waals surface area contributed by atoms with Crippen LogP contribution >= 0.6 is 11.8 Å². The molecule has 0 aliphatic carbocycles. The molecule has 0 heterocycles. The fourth-order valence-corrected chi connectivity index (χ4v) is 1.66. The minimum atomic E-state index is -0.477. The van der Waals surface area contributed by atoms with Crippen molar-refractivity contribution in [3.63, 3.8) is 0 Å². The van der Waals surface area contributed by atoms with Gasteiger partial charge in [0.25, 0.3) is 0 Å². The zero-order valence-electron chi connectivity index (χ0n) is 8.53. The lowest BCUT2D eigenvalue weighted by Gasteiger charge is -1.96. The van der Waals surface area contributed by atoms with E-state index in [9.17, 15) is 4.79 Å². The van der Waals surface area contributed by atoms with E-state index >= 15 is 0 Å². The first-order valence-electron chi connectivity index (χ1n) is 4.51. The number of carbonyl (C=O) groups excluding carboxylic acids is 1. The van der Waals surface area contributed by atoms with E-state index in [1.807, 2.05) is 18.2 Å². The third-order valence-electron chi connectivity index (χ3n) is 1.66. The molecule has 0 bridgehead atoms. The Balaban J connectivity index is 2.22. The second kappa shape index (κ2) is 6.97. The Morgan fingerprint density at radius 2 is 2.13 bits per heavy atom. The minimum Gasteiger partial charge on any atom is -0.459 e. The maximum absolute atomic E-state index is 10.6. The Kier molecular flexibility index (Phi) is 5.42. The highest BCUT2D eigenvalue weighted by atomic mass is 32.2. The summed E-state index contributed by atoms with van der Waals surface area (Å²) in [5, 5.41) is 0. The molecule has 0 saturated heterocycles. The summed E-state index contributed by atoms with van der Waals surface area (Å²) in [6.07, 6.45) is 0. The van der Waals surface area contributed by atoms with E-state index in [2.05, 4.69) is 28.7 Å². The number of esters is 1. The van der Waals surface area contributed by atoms with Crippen molar-refractivity contribution in [2.24, 2.45) is 0 Å². The van der Waals surface area contributed by atoms with E-state index < -0.39 is 5.97 Å². The van der Waals surface area contributed by atoms with Gasteiger partial charge in [-0.05, 0) is 5.56 Å². The molecule has 2 nitrogen and oxygen atoms in total. The first-order chi connectivity index (χ1) is 7.33. The number of rotatable bonds is 3. The smallest absolute Gasteiger partial charge is 0.384 e. The van der Waals surface area contributed by atoms with Crippen molar-refractivity contribution in [3.05, 3.63) is 35.9 Å². The Bertz CT molecular complexity index is 362. The quantitative estimate of drug-likeness (QED) is 0.338. The molecule has 0 amide bonds. The number of benzene rings is 1. The van der Waals surface area contributed by atoms with Crippen molar-refractivity contribution < 1.29 is 9.53 Å². The molecule has 0 radical (unpaired) electrons. The van der Waals surface area contributed by atoms with Gasteiger partial charge in [-0.25, -0.2) is 4.79 Å². The largest absolute Gasteiger partial charge is 0.459 e. The molecular formula is C12H12O2S. The molecule has 0 unspecified atom stereocenters. The van der Waals surface area contributed by atoms with E-state index in [4.69, 9.17) is 0 Å². The van der Waals surface area contributed by atoms with Crippen molar-refractivity contribution in [1.82, 2.24) is 0 Å². The van der Waals surface area contributed by atoms with Crippen LogP contribution in [0.15, 0.2) is 30.3 Å². The Morgan fingerprint density at radius 1 is 1.40 bits per heavy atom. The first-order valence-corrected chi connectivity index (χ1v) is 5.67. The monoisotopic (exact) mass is 220 g/mol. The molecule has 1 aromatic carbocycles. The summed E-state index contributed by atoms with van der Waals surface area (Å²) in [6.45, 7) is 0. The lowest BCUT2D eigenvalue weighted by Crippen LogP contribution is -1.94. The van der Waals surface area contributed by atoms with Gasteiger partial charge in [0, 0.05) is 11.7 Å². The van der Waals surface area contributed by atoms with Gasteiger partial charge in [0.1, 0.15) is 0 Å². The average molecular weight is 220 g/mol. The van der Waals surface area contributed by atoms with Crippen LogP contribution in [0.25, 0.3) is 0 Å². The molecule has 3 heteroatoms. The van der Waals surface area contributed by atoms with E-state index in [0.717, 1.165) is 5.75 Å². The van der Waals surface area contributed by atoms with Crippen LogP contribution in [0.4, 0.5) is 0 Å². The fraction of sp³-hybridized carbons (Fsp3) is 0.250. The highest BCUT2D eigenvalue weighted by Gasteiger charge is 1.91. The van der Waals surface area contributed by atoms with Crippen LogP contribution in [0.3, 0.4) is 0 Å². The molecule has 1 rings (SSSR count). The number of carbonyl (C=O) groups is 1. The second-order valence-electron chi connectivity index (χ2n) is 2.77. The molecule has 0 spiro atoms. The first kappa shape index (κ1) is 11.7. The Hall–Kier alpha value is -1.40. The van der Waals surface area contributed by atoms with Crippen LogP contribution < -0.4 is 0 Å². The Morgan fingerprint density at radius 3 is 2.80 bits per heavy atom. The summed E-state index contributed by atoms with van der Waals surface area (Å²) in [6, 6.07) is 10.2. The Labute approximate surface area is 94.0 Å². The third-order valence-corrected chi connectivity index (χ3v) is 2.55. The molecular weight excluding hydrogens is 208 g/mol. The normalized spacial score (nSPS) is 8.87. The number of hydrogen-bond acceptors (Lipinski definition) is 3.